The number of imide groups is 1. The molecular weight excluding hydrogens is 536 g/mol. The van der Waals surface area contributed by atoms with Crippen molar-refractivity contribution >= 4 is 45.5 Å². The maximum absolute atomic E-state index is 13.0. The molecule has 1 fully saturated rings. The Hall–Kier alpha value is -4.42. The Labute approximate surface area is 222 Å². The zero-order valence-corrected chi connectivity index (χ0v) is 21.5. The van der Waals surface area contributed by atoms with Gasteiger partial charge in [0.25, 0.3) is 5.91 Å². The molecule has 4 rings (SSSR count). The Morgan fingerprint density at radius 1 is 1.11 bits per heavy atom. The van der Waals surface area contributed by atoms with Crippen LogP contribution in [0.4, 0.5) is 10.5 Å². The molecule has 0 radical (unpaired) electrons. The number of nitriles is 1. The van der Waals surface area contributed by atoms with Crippen LogP contribution in [0.25, 0.3) is 6.08 Å². The van der Waals surface area contributed by atoms with E-state index in [2.05, 4.69) is 32.6 Å². The fourth-order valence-electron chi connectivity index (χ4n) is 3.83. The number of halogens is 1. The molecule has 3 aromatic carbocycles. The fraction of sp³-hybridized carbons (Fsp3) is 0.143. The van der Waals surface area contributed by atoms with Gasteiger partial charge >= 0.3 is 6.03 Å². The van der Waals surface area contributed by atoms with Crippen molar-refractivity contribution in [3.63, 3.8) is 0 Å². The summed E-state index contributed by atoms with van der Waals surface area (Å²) in [6, 6.07) is 21.2. The lowest BCUT2D eigenvalue weighted by atomic mass is 10.1. The standard InChI is InChI=1S/C28H23BrN4O4/c1-2-18-7-5-6-10-23(18)31-26(34)16-33-27(35)24(32-28(33)36)14-21-13-22(29)11-12-25(21)37-17-20-9-4-3-8-19(20)15-30/h3-14H,2,16-17H2,1H3,(H,31,34)(H,32,36)/b24-14+. The average Bonchev–Trinajstić information content (AvgIpc) is 3.15. The second-order valence-corrected chi connectivity index (χ2v) is 9.09. The number of hydrogen-bond donors (Lipinski definition) is 2. The molecule has 0 bridgehead atoms. The van der Waals surface area contributed by atoms with Crippen LogP contribution in [0.15, 0.2) is 76.9 Å². The molecule has 186 valence electrons. The first-order valence-corrected chi connectivity index (χ1v) is 12.3. The summed E-state index contributed by atoms with van der Waals surface area (Å²) in [5.74, 6) is -0.643. The van der Waals surface area contributed by atoms with Crippen molar-refractivity contribution < 1.29 is 19.1 Å². The number of aryl methyl sites for hydroxylation is 1. The van der Waals surface area contributed by atoms with Gasteiger partial charge in [0.1, 0.15) is 24.6 Å². The topological polar surface area (TPSA) is 112 Å². The lowest BCUT2D eigenvalue weighted by molar-refractivity contribution is -0.127. The van der Waals surface area contributed by atoms with Gasteiger partial charge in [-0.15, -0.1) is 0 Å². The normalized spacial score (nSPS) is 13.9. The van der Waals surface area contributed by atoms with Crippen molar-refractivity contribution in [2.45, 2.75) is 20.0 Å². The van der Waals surface area contributed by atoms with Gasteiger partial charge < -0.3 is 15.4 Å². The van der Waals surface area contributed by atoms with E-state index >= 15 is 0 Å². The minimum atomic E-state index is -0.685. The molecular formula is C28H23BrN4O4. The number of hydrogen-bond acceptors (Lipinski definition) is 5. The van der Waals surface area contributed by atoms with Crippen LogP contribution in [-0.2, 0) is 22.6 Å². The fourth-order valence-corrected chi connectivity index (χ4v) is 4.21. The van der Waals surface area contributed by atoms with E-state index in [1.807, 2.05) is 25.1 Å². The molecule has 0 spiro atoms. The maximum Gasteiger partial charge on any atom is 0.329 e. The molecule has 3 aromatic rings. The van der Waals surface area contributed by atoms with Crippen LogP contribution in [0.5, 0.6) is 5.75 Å². The van der Waals surface area contributed by atoms with E-state index in [0.717, 1.165) is 26.9 Å². The number of benzene rings is 3. The second kappa shape index (κ2) is 11.5. The van der Waals surface area contributed by atoms with Gasteiger partial charge in [-0.2, -0.15) is 5.26 Å². The Kier molecular flexibility index (Phi) is 8.01. The number of anilines is 1. The predicted octanol–water partition coefficient (Wildman–Crippen LogP) is 4.99. The zero-order valence-electron chi connectivity index (χ0n) is 20.0. The zero-order chi connectivity index (χ0) is 26.4. The molecule has 2 N–H and O–H groups in total. The van der Waals surface area contributed by atoms with Gasteiger partial charge in [0.05, 0.1) is 11.6 Å². The summed E-state index contributed by atoms with van der Waals surface area (Å²) in [7, 11) is 0. The largest absolute Gasteiger partial charge is 0.488 e. The smallest absolute Gasteiger partial charge is 0.329 e. The lowest BCUT2D eigenvalue weighted by Gasteiger charge is -2.14. The van der Waals surface area contributed by atoms with Gasteiger partial charge in [-0.1, -0.05) is 59.3 Å². The molecule has 8 nitrogen and oxygen atoms in total. The van der Waals surface area contributed by atoms with Crippen molar-refractivity contribution in [1.82, 2.24) is 10.2 Å². The molecule has 1 aliphatic rings. The highest BCUT2D eigenvalue weighted by atomic mass is 79.9. The van der Waals surface area contributed by atoms with Crippen molar-refractivity contribution in [2.75, 3.05) is 11.9 Å². The van der Waals surface area contributed by atoms with Crippen LogP contribution in [0.1, 0.15) is 29.2 Å². The van der Waals surface area contributed by atoms with Gasteiger partial charge in [0.15, 0.2) is 0 Å². The second-order valence-electron chi connectivity index (χ2n) is 8.18. The molecule has 0 saturated carbocycles. The number of nitrogens with zero attached hydrogens (tertiary/aromatic N) is 2. The van der Waals surface area contributed by atoms with Crippen LogP contribution < -0.4 is 15.4 Å². The molecule has 0 aliphatic carbocycles. The van der Waals surface area contributed by atoms with Gasteiger partial charge in [-0.05, 0) is 48.4 Å². The summed E-state index contributed by atoms with van der Waals surface area (Å²) >= 11 is 3.42. The average molecular weight is 559 g/mol. The van der Waals surface area contributed by atoms with E-state index in [4.69, 9.17) is 4.74 Å². The number of para-hydroxylation sites is 1. The number of ether oxygens (including phenoxy) is 1. The Morgan fingerprint density at radius 2 is 1.84 bits per heavy atom. The van der Waals surface area contributed by atoms with E-state index in [1.165, 1.54) is 6.08 Å². The lowest BCUT2D eigenvalue weighted by Crippen LogP contribution is -2.38. The summed E-state index contributed by atoms with van der Waals surface area (Å²) in [5.41, 5.74) is 3.38. The van der Waals surface area contributed by atoms with E-state index in [9.17, 15) is 19.6 Å². The highest BCUT2D eigenvalue weighted by molar-refractivity contribution is 9.10. The number of amides is 4. The van der Waals surface area contributed by atoms with E-state index in [0.29, 0.717) is 22.6 Å². The molecule has 0 unspecified atom stereocenters. The van der Waals surface area contributed by atoms with Gasteiger partial charge in [0, 0.05) is 21.3 Å². The molecule has 37 heavy (non-hydrogen) atoms. The summed E-state index contributed by atoms with van der Waals surface area (Å²) < 4.78 is 6.70. The third-order valence-electron chi connectivity index (χ3n) is 5.73. The van der Waals surface area contributed by atoms with Crippen LogP contribution in [0.2, 0.25) is 0 Å². The number of nitrogens with one attached hydrogen (secondary N) is 2. The monoisotopic (exact) mass is 558 g/mol. The number of carbonyl (C=O) groups excluding carboxylic acids is 3. The molecule has 1 aliphatic heterocycles. The summed E-state index contributed by atoms with van der Waals surface area (Å²) in [4.78, 5) is 39.0. The minimum Gasteiger partial charge on any atom is -0.488 e. The number of carbonyl (C=O) groups is 3. The molecule has 9 heteroatoms. The van der Waals surface area contributed by atoms with E-state index < -0.39 is 24.4 Å². The molecule has 0 aromatic heterocycles. The molecule has 1 heterocycles. The highest BCUT2D eigenvalue weighted by Crippen LogP contribution is 2.28. The summed E-state index contributed by atoms with van der Waals surface area (Å²) in [6.07, 6.45) is 2.23. The first kappa shape index (κ1) is 25.7. The van der Waals surface area contributed by atoms with Gasteiger partial charge in [-0.25, -0.2) is 9.69 Å². The van der Waals surface area contributed by atoms with E-state index in [-0.39, 0.29) is 12.3 Å². The molecule has 0 atom stereocenters. The van der Waals surface area contributed by atoms with Gasteiger partial charge in [-0.3, -0.25) is 9.59 Å². The Bertz CT molecular complexity index is 1440. The van der Waals surface area contributed by atoms with Crippen molar-refractivity contribution in [1.29, 1.82) is 5.26 Å². The minimum absolute atomic E-state index is 0.0205. The van der Waals surface area contributed by atoms with Crippen LogP contribution in [0.3, 0.4) is 0 Å². The van der Waals surface area contributed by atoms with E-state index in [1.54, 1.807) is 48.5 Å². The molecule has 4 amide bonds. The van der Waals surface area contributed by atoms with Crippen LogP contribution in [0, 0.1) is 11.3 Å². The first-order chi connectivity index (χ1) is 17.9. The third-order valence-corrected chi connectivity index (χ3v) is 6.22. The summed E-state index contributed by atoms with van der Waals surface area (Å²) in [5, 5.41) is 14.6. The third kappa shape index (κ3) is 6.05. The quantitative estimate of drug-likeness (QED) is 0.298. The number of urea groups is 1. The van der Waals surface area contributed by atoms with Crippen molar-refractivity contribution in [3.8, 4) is 11.8 Å². The van der Waals surface area contributed by atoms with Crippen molar-refractivity contribution in [2.24, 2.45) is 0 Å². The maximum atomic E-state index is 13.0. The van der Waals surface area contributed by atoms with Gasteiger partial charge in [0.2, 0.25) is 5.91 Å². The number of rotatable bonds is 8. The summed E-state index contributed by atoms with van der Waals surface area (Å²) in [6.45, 7) is 1.70. The van der Waals surface area contributed by atoms with Crippen LogP contribution >= 0.6 is 15.9 Å². The van der Waals surface area contributed by atoms with Crippen LogP contribution in [-0.4, -0.2) is 29.3 Å². The SMILES string of the molecule is CCc1ccccc1NC(=O)CN1C(=O)N/C(=C/c2cc(Br)ccc2OCc2ccccc2C#N)C1=O. The predicted molar refractivity (Wildman–Crippen MR) is 142 cm³/mol. The highest BCUT2D eigenvalue weighted by Gasteiger charge is 2.35. The van der Waals surface area contributed by atoms with Crippen molar-refractivity contribution in [3.05, 3.63) is 99.2 Å². The Morgan fingerprint density at radius 3 is 2.59 bits per heavy atom. The first-order valence-electron chi connectivity index (χ1n) is 11.5. The Balaban J connectivity index is 1.50. The molecule has 1 saturated heterocycles.